The summed E-state index contributed by atoms with van der Waals surface area (Å²) in [6.45, 7) is 8.04. The molecule has 8 heteroatoms. The van der Waals surface area contributed by atoms with Crippen LogP contribution in [0.25, 0.3) is 0 Å². The van der Waals surface area contributed by atoms with Crippen LogP contribution in [0.4, 0.5) is 0 Å². The molecule has 2 aromatic rings. The van der Waals surface area contributed by atoms with Crippen molar-refractivity contribution in [3.63, 3.8) is 0 Å². The highest BCUT2D eigenvalue weighted by atomic mass is 16.5. The Bertz CT molecular complexity index is 1180. The summed E-state index contributed by atoms with van der Waals surface area (Å²) in [6.07, 6.45) is 4.45. The van der Waals surface area contributed by atoms with Gasteiger partial charge in [-0.1, -0.05) is 50.2 Å². The van der Waals surface area contributed by atoms with Gasteiger partial charge in [0.1, 0.15) is 0 Å². The van der Waals surface area contributed by atoms with Crippen LogP contribution in [0.3, 0.4) is 0 Å². The van der Waals surface area contributed by atoms with Crippen LogP contribution in [-0.4, -0.2) is 66.0 Å². The second-order valence-electron chi connectivity index (χ2n) is 11.0. The summed E-state index contributed by atoms with van der Waals surface area (Å²) < 4.78 is 5.51. The number of ether oxygens (including phenoxy) is 1. The highest BCUT2D eigenvalue weighted by Gasteiger charge is 2.42. The van der Waals surface area contributed by atoms with Crippen molar-refractivity contribution in [2.24, 2.45) is 0 Å². The maximum Gasteiger partial charge on any atom is 0.251 e. The minimum atomic E-state index is -0.376. The molecule has 208 valence electrons. The molecule has 2 aromatic carbocycles. The molecule has 0 spiro atoms. The van der Waals surface area contributed by atoms with Gasteiger partial charge in [-0.15, -0.1) is 0 Å². The average Bonchev–Trinajstić information content (AvgIpc) is 3.37. The van der Waals surface area contributed by atoms with Crippen molar-refractivity contribution in [1.29, 1.82) is 5.41 Å². The largest absolute Gasteiger partial charge is 0.379 e. The first kappa shape index (κ1) is 27.3. The first-order chi connectivity index (χ1) is 18.9. The summed E-state index contributed by atoms with van der Waals surface area (Å²) >= 11 is 0. The number of carbonyl (C=O) groups is 2. The van der Waals surface area contributed by atoms with E-state index < -0.39 is 0 Å². The number of guanidine groups is 1. The SMILES string of the molecule is CCC1(CC)CC(=O)N(C(CCN2CCOCC2)c2cccc(C(=O)N[C@H]3CCc4ccccc43)c2)C(=N)N1. The maximum absolute atomic E-state index is 13.6. The van der Waals surface area contributed by atoms with Crippen molar-refractivity contribution in [1.82, 2.24) is 20.4 Å². The summed E-state index contributed by atoms with van der Waals surface area (Å²) in [4.78, 5) is 31.0. The molecule has 0 bridgehead atoms. The monoisotopic (exact) mass is 531 g/mol. The second-order valence-corrected chi connectivity index (χ2v) is 11.0. The first-order valence-electron chi connectivity index (χ1n) is 14.4. The molecule has 2 amide bonds. The highest BCUT2D eigenvalue weighted by Crippen LogP contribution is 2.34. The Hall–Kier alpha value is -3.23. The van der Waals surface area contributed by atoms with Crippen LogP contribution in [0, 0.1) is 5.41 Å². The molecule has 3 N–H and O–H groups in total. The van der Waals surface area contributed by atoms with Crippen LogP contribution >= 0.6 is 0 Å². The van der Waals surface area contributed by atoms with E-state index in [-0.39, 0.29) is 35.4 Å². The highest BCUT2D eigenvalue weighted by molar-refractivity contribution is 6.00. The standard InChI is InChI=1S/C31H41N5O3/c1-3-31(4-2)21-28(37)36(30(32)34-31)27(14-15-35-16-18-39-19-17-35)23-9-7-10-24(20-23)29(38)33-26-13-12-22-8-5-6-11-25(22)26/h5-11,20,26-27H,3-4,12-19,21H2,1-2H3,(H2,32,34)(H,33,38)/t26-,27?/m0/s1. The van der Waals surface area contributed by atoms with Crippen molar-refractivity contribution in [2.45, 2.75) is 70.0 Å². The molecule has 0 radical (unpaired) electrons. The van der Waals surface area contributed by atoms with Gasteiger partial charge >= 0.3 is 0 Å². The topological polar surface area (TPSA) is 97.8 Å². The van der Waals surface area contributed by atoms with Crippen LogP contribution in [0.1, 0.15) is 85.1 Å². The Labute approximate surface area is 231 Å². The number of hydrogen-bond donors (Lipinski definition) is 3. The van der Waals surface area contributed by atoms with E-state index in [4.69, 9.17) is 10.1 Å². The minimum absolute atomic E-state index is 0.00624. The zero-order valence-electron chi connectivity index (χ0n) is 23.2. The van der Waals surface area contributed by atoms with Crippen molar-refractivity contribution in [2.75, 3.05) is 32.8 Å². The Balaban J connectivity index is 1.38. The molecular formula is C31H41N5O3. The minimum Gasteiger partial charge on any atom is -0.379 e. The molecule has 5 rings (SSSR count). The zero-order chi connectivity index (χ0) is 27.4. The summed E-state index contributed by atoms with van der Waals surface area (Å²) in [6, 6.07) is 15.6. The van der Waals surface area contributed by atoms with E-state index in [2.05, 4.69) is 41.5 Å². The summed E-state index contributed by atoms with van der Waals surface area (Å²) in [5.41, 5.74) is 3.57. The fraction of sp³-hybridized carbons (Fsp3) is 0.516. The van der Waals surface area contributed by atoms with Gasteiger partial charge in [-0.05, 0) is 60.9 Å². The van der Waals surface area contributed by atoms with Crippen molar-refractivity contribution in [3.8, 4) is 0 Å². The van der Waals surface area contributed by atoms with Gasteiger partial charge in [0.15, 0.2) is 5.96 Å². The average molecular weight is 532 g/mol. The number of carbonyl (C=O) groups excluding carboxylic acids is 2. The maximum atomic E-state index is 13.6. The molecule has 8 nitrogen and oxygen atoms in total. The summed E-state index contributed by atoms with van der Waals surface area (Å²) in [7, 11) is 0. The van der Waals surface area contributed by atoms with Crippen LogP contribution < -0.4 is 10.6 Å². The molecule has 3 aliphatic rings. The number of nitrogens with one attached hydrogen (secondary N) is 3. The lowest BCUT2D eigenvalue weighted by Crippen LogP contribution is -2.62. The first-order valence-corrected chi connectivity index (χ1v) is 14.4. The molecule has 2 heterocycles. The molecule has 1 unspecified atom stereocenters. The fourth-order valence-corrected chi connectivity index (χ4v) is 6.27. The molecule has 0 saturated carbocycles. The third kappa shape index (κ3) is 5.87. The third-order valence-corrected chi connectivity index (χ3v) is 8.84. The Morgan fingerprint density at radius 3 is 2.67 bits per heavy atom. The molecule has 2 fully saturated rings. The molecular weight excluding hydrogens is 490 g/mol. The van der Waals surface area contributed by atoms with Crippen LogP contribution in [0.2, 0.25) is 0 Å². The third-order valence-electron chi connectivity index (χ3n) is 8.84. The summed E-state index contributed by atoms with van der Waals surface area (Å²) in [5, 5.41) is 15.5. The molecule has 39 heavy (non-hydrogen) atoms. The van der Waals surface area contributed by atoms with Gasteiger partial charge in [-0.2, -0.15) is 0 Å². The number of amides is 2. The van der Waals surface area contributed by atoms with Gasteiger partial charge in [-0.25, -0.2) is 0 Å². The van der Waals surface area contributed by atoms with E-state index in [9.17, 15) is 9.59 Å². The Morgan fingerprint density at radius 1 is 1.15 bits per heavy atom. The van der Waals surface area contributed by atoms with Crippen molar-refractivity contribution in [3.05, 3.63) is 70.8 Å². The number of morpholine rings is 1. The molecule has 2 aliphatic heterocycles. The van der Waals surface area contributed by atoms with Crippen LogP contribution in [-0.2, 0) is 16.0 Å². The number of aryl methyl sites for hydroxylation is 1. The quantitative estimate of drug-likeness (QED) is 0.451. The predicted molar refractivity (Wildman–Crippen MR) is 152 cm³/mol. The number of benzene rings is 2. The van der Waals surface area contributed by atoms with Gasteiger partial charge < -0.3 is 15.4 Å². The Kier molecular flexibility index (Phi) is 8.33. The van der Waals surface area contributed by atoms with E-state index in [0.717, 1.165) is 50.9 Å². The van der Waals surface area contributed by atoms with E-state index in [1.165, 1.54) is 11.1 Å². The molecule has 0 aromatic heterocycles. The molecule has 2 atom stereocenters. The van der Waals surface area contributed by atoms with E-state index in [0.29, 0.717) is 31.6 Å². The number of hydrogen-bond acceptors (Lipinski definition) is 5. The van der Waals surface area contributed by atoms with Gasteiger partial charge in [-0.3, -0.25) is 24.8 Å². The number of rotatable bonds is 9. The fourth-order valence-electron chi connectivity index (χ4n) is 6.27. The predicted octanol–water partition coefficient (Wildman–Crippen LogP) is 4.18. The Morgan fingerprint density at radius 2 is 1.92 bits per heavy atom. The van der Waals surface area contributed by atoms with Crippen molar-refractivity contribution >= 4 is 17.8 Å². The molecule has 1 aliphatic carbocycles. The van der Waals surface area contributed by atoms with Gasteiger partial charge in [0.2, 0.25) is 5.91 Å². The zero-order valence-corrected chi connectivity index (χ0v) is 23.2. The van der Waals surface area contributed by atoms with Gasteiger partial charge in [0.05, 0.1) is 31.7 Å². The molecule has 2 saturated heterocycles. The smallest absolute Gasteiger partial charge is 0.251 e. The number of fused-ring (bicyclic) bond motifs is 1. The number of nitrogens with zero attached hydrogens (tertiary/aromatic N) is 2. The van der Waals surface area contributed by atoms with E-state index in [1.54, 1.807) is 4.90 Å². The van der Waals surface area contributed by atoms with E-state index in [1.807, 2.05) is 36.4 Å². The van der Waals surface area contributed by atoms with E-state index >= 15 is 0 Å². The lowest BCUT2D eigenvalue weighted by Gasteiger charge is -2.45. The lowest BCUT2D eigenvalue weighted by molar-refractivity contribution is -0.133. The van der Waals surface area contributed by atoms with Gasteiger partial charge in [0, 0.05) is 30.7 Å². The lowest BCUT2D eigenvalue weighted by atomic mass is 9.86. The van der Waals surface area contributed by atoms with Crippen LogP contribution in [0.5, 0.6) is 0 Å². The normalized spacial score (nSPS) is 21.8. The van der Waals surface area contributed by atoms with Gasteiger partial charge in [0.25, 0.3) is 5.91 Å². The summed E-state index contributed by atoms with van der Waals surface area (Å²) in [5.74, 6) is 0.00540. The van der Waals surface area contributed by atoms with Crippen molar-refractivity contribution < 1.29 is 14.3 Å². The second kappa shape index (κ2) is 11.9. The van der Waals surface area contributed by atoms with Crippen LogP contribution in [0.15, 0.2) is 48.5 Å².